The predicted molar refractivity (Wildman–Crippen MR) is 134 cm³/mol. The van der Waals surface area contributed by atoms with E-state index in [1.807, 2.05) is 42.6 Å². The molecule has 0 saturated carbocycles. The second-order valence-electron chi connectivity index (χ2n) is 7.92. The highest BCUT2D eigenvalue weighted by molar-refractivity contribution is 7.09. The number of hydrogen-bond acceptors (Lipinski definition) is 6. The van der Waals surface area contributed by atoms with Crippen LogP contribution in [-0.4, -0.2) is 17.6 Å². The molecule has 0 saturated heterocycles. The molecule has 7 heteroatoms. The Morgan fingerprint density at radius 2 is 1.79 bits per heavy atom. The van der Waals surface area contributed by atoms with Crippen LogP contribution in [0.3, 0.4) is 0 Å². The van der Waals surface area contributed by atoms with Gasteiger partial charge in [-0.3, -0.25) is 0 Å². The van der Waals surface area contributed by atoms with Gasteiger partial charge in [-0.05, 0) is 80.3 Å². The monoisotopic (exact) mass is 480 g/mol. The number of carbonyl (C=O) groups excluding carboxylic acids is 1. The molecule has 3 rings (SSSR count). The zero-order valence-corrected chi connectivity index (χ0v) is 20.4. The third-order valence-electron chi connectivity index (χ3n) is 4.97. The van der Waals surface area contributed by atoms with E-state index in [0.717, 1.165) is 33.2 Å². The number of nitrogens with zero attached hydrogens (tertiary/aromatic N) is 1. The van der Waals surface area contributed by atoms with Crippen molar-refractivity contribution in [1.82, 2.24) is 4.98 Å². The summed E-state index contributed by atoms with van der Waals surface area (Å²) in [7, 11) is 0. The lowest BCUT2D eigenvalue weighted by Crippen LogP contribution is -2.13. The van der Waals surface area contributed by atoms with E-state index in [0.29, 0.717) is 25.2 Å². The van der Waals surface area contributed by atoms with E-state index >= 15 is 0 Å². The van der Waals surface area contributed by atoms with Crippen molar-refractivity contribution < 1.29 is 18.7 Å². The molecular formula is C27H29FN2O3S. The molecule has 1 atom stereocenters. The van der Waals surface area contributed by atoms with Crippen LogP contribution >= 0.6 is 11.3 Å². The predicted octanol–water partition coefficient (Wildman–Crippen LogP) is 6.02. The van der Waals surface area contributed by atoms with Crippen molar-refractivity contribution >= 4 is 23.4 Å². The third-order valence-corrected chi connectivity index (χ3v) is 5.97. The summed E-state index contributed by atoms with van der Waals surface area (Å²) in [6.07, 6.45) is 4.36. The highest BCUT2D eigenvalue weighted by Gasteiger charge is 2.12. The standard InChI is InChI=1S/C27H29FN2O3S/c1-4-32-27(31)19(3)13-18(2)14-23-17-34-26(30-23)25(29)15-20-7-11-24(12-8-20)33-16-21-5-9-22(28)10-6-21/h5-14,17,25H,4,15-16,29H2,1-3H3/b18-14+,19-13-/t25-/m0/s1. The van der Waals surface area contributed by atoms with E-state index in [9.17, 15) is 9.18 Å². The molecule has 0 aliphatic rings. The molecule has 0 aliphatic carbocycles. The largest absolute Gasteiger partial charge is 0.489 e. The number of carbonyl (C=O) groups is 1. The van der Waals surface area contributed by atoms with Crippen LogP contribution in [0.5, 0.6) is 5.75 Å². The maximum Gasteiger partial charge on any atom is 0.333 e. The summed E-state index contributed by atoms with van der Waals surface area (Å²) in [6, 6.07) is 13.8. The third kappa shape index (κ3) is 7.64. The summed E-state index contributed by atoms with van der Waals surface area (Å²) in [5.41, 5.74) is 10.7. The summed E-state index contributed by atoms with van der Waals surface area (Å²) in [5, 5.41) is 2.81. The maximum atomic E-state index is 13.0. The molecular weight excluding hydrogens is 451 g/mol. The number of thiazole rings is 1. The Hall–Kier alpha value is -3.29. The lowest BCUT2D eigenvalue weighted by atomic mass is 10.1. The SMILES string of the molecule is CCOC(=O)/C(C)=C\C(C)=C\c1csc([C@@H](N)Cc2ccc(OCc3ccc(F)cc3)cc2)n1. The number of benzene rings is 2. The van der Waals surface area contributed by atoms with Crippen LogP contribution in [-0.2, 0) is 22.6 Å². The smallest absolute Gasteiger partial charge is 0.333 e. The van der Waals surface area contributed by atoms with Crippen LogP contribution < -0.4 is 10.5 Å². The fourth-order valence-corrected chi connectivity index (χ4v) is 4.05. The molecule has 0 unspecified atom stereocenters. The average molecular weight is 481 g/mol. The fourth-order valence-electron chi connectivity index (χ4n) is 3.27. The molecule has 3 aromatic rings. The van der Waals surface area contributed by atoms with Gasteiger partial charge >= 0.3 is 5.97 Å². The van der Waals surface area contributed by atoms with Crippen LogP contribution in [0.2, 0.25) is 0 Å². The van der Waals surface area contributed by atoms with Gasteiger partial charge in [-0.25, -0.2) is 14.2 Å². The van der Waals surface area contributed by atoms with Crippen molar-refractivity contribution in [2.75, 3.05) is 6.61 Å². The van der Waals surface area contributed by atoms with Crippen LogP contribution in [0.25, 0.3) is 6.08 Å². The molecule has 2 aromatic carbocycles. The Balaban J connectivity index is 1.55. The Labute approximate surface area is 203 Å². The summed E-state index contributed by atoms with van der Waals surface area (Å²) < 4.78 is 23.8. The fraction of sp³-hybridized carbons (Fsp3) is 0.259. The Morgan fingerprint density at radius 1 is 1.12 bits per heavy atom. The van der Waals surface area contributed by atoms with Gasteiger partial charge in [-0.15, -0.1) is 11.3 Å². The first-order chi connectivity index (χ1) is 16.3. The summed E-state index contributed by atoms with van der Waals surface area (Å²) in [4.78, 5) is 16.4. The van der Waals surface area contributed by atoms with Gasteiger partial charge in [0.15, 0.2) is 0 Å². The van der Waals surface area contributed by atoms with Crippen LogP contribution in [0, 0.1) is 5.82 Å². The van der Waals surface area contributed by atoms with Crippen molar-refractivity contribution in [3.8, 4) is 5.75 Å². The first kappa shape index (κ1) is 25.3. The molecule has 2 N–H and O–H groups in total. The second kappa shape index (κ2) is 12.3. The minimum absolute atomic E-state index is 0.227. The summed E-state index contributed by atoms with van der Waals surface area (Å²) >= 11 is 1.52. The van der Waals surface area contributed by atoms with Crippen molar-refractivity contribution in [3.05, 3.63) is 98.8 Å². The Morgan fingerprint density at radius 3 is 2.47 bits per heavy atom. The molecule has 1 aromatic heterocycles. The number of rotatable bonds is 10. The number of ether oxygens (including phenoxy) is 2. The number of aromatic nitrogens is 1. The van der Waals surface area contributed by atoms with Gasteiger partial charge in [0.2, 0.25) is 0 Å². The summed E-state index contributed by atoms with van der Waals surface area (Å²) in [6.45, 7) is 6.17. The van der Waals surface area contributed by atoms with E-state index in [2.05, 4.69) is 4.98 Å². The van der Waals surface area contributed by atoms with Crippen molar-refractivity contribution in [2.24, 2.45) is 5.73 Å². The molecule has 5 nitrogen and oxygen atoms in total. The molecule has 178 valence electrons. The van der Waals surface area contributed by atoms with Crippen LogP contribution in [0.1, 0.15) is 48.6 Å². The molecule has 0 spiro atoms. The lowest BCUT2D eigenvalue weighted by Gasteiger charge is -2.10. The van der Waals surface area contributed by atoms with E-state index in [4.69, 9.17) is 15.2 Å². The number of hydrogen-bond donors (Lipinski definition) is 1. The molecule has 0 aliphatic heterocycles. The minimum Gasteiger partial charge on any atom is -0.489 e. The van der Waals surface area contributed by atoms with Crippen molar-refractivity contribution in [2.45, 2.75) is 39.8 Å². The van der Waals surface area contributed by atoms with E-state index in [1.54, 1.807) is 32.1 Å². The second-order valence-corrected chi connectivity index (χ2v) is 8.81. The van der Waals surface area contributed by atoms with Gasteiger partial charge in [0.25, 0.3) is 0 Å². The zero-order chi connectivity index (χ0) is 24.5. The van der Waals surface area contributed by atoms with E-state index in [1.165, 1.54) is 23.5 Å². The van der Waals surface area contributed by atoms with Gasteiger partial charge < -0.3 is 15.2 Å². The molecule has 1 heterocycles. The average Bonchev–Trinajstić information content (AvgIpc) is 3.28. The van der Waals surface area contributed by atoms with Crippen LogP contribution in [0.4, 0.5) is 4.39 Å². The Bertz CT molecular complexity index is 1150. The van der Waals surface area contributed by atoms with Gasteiger partial charge in [-0.2, -0.15) is 0 Å². The van der Waals surface area contributed by atoms with Crippen molar-refractivity contribution in [3.63, 3.8) is 0 Å². The van der Waals surface area contributed by atoms with E-state index in [-0.39, 0.29) is 17.8 Å². The van der Waals surface area contributed by atoms with Gasteiger partial charge in [-0.1, -0.05) is 24.3 Å². The number of esters is 1. The van der Waals surface area contributed by atoms with Crippen LogP contribution in [0.15, 0.2) is 71.1 Å². The first-order valence-electron chi connectivity index (χ1n) is 11.0. The highest BCUT2D eigenvalue weighted by Crippen LogP contribution is 2.23. The van der Waals surface area contributed by atoms with E-state index < -0.39 is 0 Å². The zero-order valence-electron chi connectivity index (χ0n) is 19.6. The first-order valence-corrected chi connectivity index (χ1v) is 11.9. The number of halogens is 1. The molecule has 34 heavy (non-hydrogen) atoms. The molecule has 0 amide bonds. The van der Waals surface area contributed by atoms with Gasteiger partial charge in [0.05, 0.1) is 18.3 Å². The number of nitrogens with two attached hydrogens (primary N) is 1. The topological polar surface area (TPSA) is 74.4 Å². The minimum atomic E-state index is -0.317. The lowest BCUT2D eigenvalue weighted by molar-refractivity contribution is -0.138. The normalized spacial score (nSPS) is 13.0. The number of allylic oxidation sites excluding steroid dienone is 2. The maximum absolute atomic E-state index is 13.0. The van der Waals surface area contributed by atoms with Crippen molar-refractivity contribution in [1.29, 1.82) is 0 Å². The molecule has 0 radical (unpaired) electrons. The van der Waals surface area contributed by atoms with Gasteiger partial charge in [0.1, 0.15) is 23.2 Å². The quantitative estimate of drug-likeness (QED) is 0.218. The molecule has 0 fully saturated rings. The highest BCUT2D eigenvalue weighted by atomic mass is 32.1. The Kier molecular flexibility index (Phi) is 9.13. The van der Waals surface area contributed by atoms with Gasteiger partial charge in [0, 0.05) is 11.0 Å². The molecule has 0 bridgehead atoms. The summed E-state index contributed by atoms with van der Waals surface area (Å²) in [5.74, 6) is 0.164.